The Morgan fingerprint density at radius 2 is 1.33 bits per heavy atom. The number of carbonyl (C=O) groups is 2. The predicted molar refractivity (Wildman–Crippen MR) is 211 cm³/mol. The summed E-state index contributed by atoms with van der Waals surface area (Å²) in [5.74, 6) is 1.97. The molecular formula is C39H58N8O10. The molecule has 1 aliphatic carbocycles. The Kier molecular flexibility index (Phi) is 18.7. The van der Waals surface area contributed by atoms with Gasteiger partial charge in [0.05, 0.1) is 111 Å². The molecule has 0 atom stereocenters. The molecule has 0 aliphatic heterocycles. The number of nitrogens with two attached hydrogens (primary N) is 1. The van der Waals surface area contributed by atoms with Crippen LogP contribution in [0.1, 0.15) is 44.3 Å². The fourth-order valence-corrected chi connectivity index (χ4v) is 6.58. The van der Waals surface area contributed by atoms with E-state index in [2.05, 4.69) is 25.7 Å². The van der Waals surface area contributed by atoms with Gasteiger partial charge in [-0.1, -0.05) is 12.1 Å². The average molecular weight is 799 g/mol. The topological polar surface area (TPSA) is 217 Å². The van der Waals surface area contributed by atoms with Gasteiger partial charge in [-0.3, -0.25) is 9.59 Å². The van der Waals surface area contributed by atoms with Crippen LogP contribution >= 0.6 is 0 Å². The average Bonchev–Trinajstić information content (AvgIpc) is 3.84. The number of H-pyrrole nitrogens is 1. The minimum absolute atomic E-state index is 0.0506. The van der Waals surface area contributed by atoms with Crippen LogP contribution in [0.4, 0.5) is 5.82 Å². The lowest BCUT2D eigenvalue weighted by Crippen LogP contribution is -2.35. The van der Waals surface area contributed by atoms with Gasteiger partial charge in [0.15, 0.2) is 5.82 Å². The van der Waals surface area contributed by atoms with Gasteiger partial charge < -0.3 is 59.2 Å². The van der Waals surface area contributed by atoms with E-state index in [4.69, 9.17) is 48.6 Å². The minimum Gasteiger partial charge on any atom is -0.495 e. The second-order valence-electron chi connectivity index (χ2n) is 13.4. The number of aromatic nitrogens is 5. The highest BCUT2D eigenvalue weighted by atomic mass is 16.6. The van der Waals surface area contributed by atoms with E-state index in [1.54, 1.807) is 11.6 Å². The van der Waals surface area contributed by atoms with Crippen LogP contribution in [0.15, 0.2) is 30.6 Å². The van der Waals surface area contributed by atoms with Gasteiger partial charge in [0.2, 0.25) is 11.8 Å². The Morgan fingerprint density at radius 3 is 1.88 bits per heavy atom. The third-order valence-electron chi connectivity index (χ3n) is 9.44. The van der Waals surface area contributed by atoms with E-state index in [9.17, 15) is 9.59 Å². The first-order valence-corrected chi connectivity index (χ1v) is 19.7. The standard InChI is InChI=1S/C39H58N8O10/c1-28(48)41-10-12-51-14-16-53-18-20-55-22-24-57-25-23-56-21-19-54-17-15-52-13-11-42-39(49)30-8-6-29(7-9-30)38-46-35(36-37(40)43-27-44-47(36)38)32-26-31-4-3-5-33(50-2)34(31)45-32/h3-5,26-27,29-30,45H,6-25H2,1-2H3,(H,41,48)(H,42,49)(H2,40,43,44). The summed E-state index contributed by atoms with van der Waals surface area (Å²) in [6, 6.07) is 7.91. The summed E-state index contributed by atoms with van der Waals surface area (Å²) in [4.78, 5) is 36.5. The highest BCUT2D eigenvalue weighted by molar-refractivity contribution is 5.93. The number of hydrogen-bond donors (Lipinski definition) is 4. The number of methoxy groups -OCH3 is 1. The van der Waals surface area contributed by atoms with Crippen molar-refractivity contribution in [3.05, 3.63) is 36.4 Å². The van der Waals surface area contributed by atoms with Gasteiger partial charge in [-0.2, -0.15) is 5.10 Å². The van der Waals surface area contributed by atoms with Crippen molar-refractivity contribution in [3.63, 3.8) is 0 Å². The molecule has 4 aromatic rings. The number of nitrogens with zero attached hydrogens (tertiary/aromatic N) is 4. The van der Waals surface area contributed by atoms with Crippen LogP contribution in [-0.4, -0.2) is 149 Å². The lowest BCUT2D eigenvalue weighted by molar-refractivity contribution is -0.126. The van der Waals surface area contributed by atoms with Gasteiger partial charge in [0.1, 0.15) is 29.1 Å². The fraction of sp³-hybridized carbons (Fsp3) is 0.615. The summed E-state index contributed by atoms with van der Waals surface area (Å²) in [6.07, 6.45) is 4.56. The van der Waals surface area contributed by atoms with Gasteiger partial charge >= 0.3 is 0 Å². The van der Waals surface area contributed by atoms with Crippen molar-refractivity contribution in [1.29, 1.82) is 0 Å². The smallest absolute Gasteiger partial charge is 0.223 e. The zero-order valence-electron chi connectivity index (χ0n) is 33.1. The van der Waals surface area contributed by atoms with Crippen molar-refractivity contribution in [2.45, 2.75) is 38.5 Å². The van der Waals surface area contributed by atoms with E-state index in [0.29, 0.717) is 123 Å². The number of hydrogen-bond acceptors (Lipinski definition) is 14. The normalized spacial score (nSPS) is 15.7. The second kappa shape index (κ2) is 24.4. The number of carbonyl (C=O) groups excluding carboxylic acids is 2. The summed E-state index contributed by atoms with van der Waals surface area (Å²) >= 11 is 0. The van der Waals surface area contributed by atoms with Crippen LogP contribution in [0.2, 0.25) is 0 Å². The number of amides is 2. The Balaban J connectivity index is 0.850. The fourth-order valence-electron chi connectivity index (χ4n) is 6.58. The second-order valence-corrected chi connectivity index (χ2v) is 13.4. The molecule has 18 nitrogen and oxygen atoms in total. The Hall–Kier alpha value is -4.43. The molecular weight excluding hydrogens is 740 g/mol. The van der Waals surface area contributed by atoms with E-state index in [1.165, 1.54) is 13.3 Å². The molecule has 2 amide bonds. The van der Waals surface area contributed by atoms with Crippen LogP contribution in [0.5, 0.6) is 5.75 Å². The molecule has 1 saturated carbocycles. The molecule has 0 radical (unpaired) electrons. The molecule has 0 unspecified atom stereocenters. The van der Waals surface area contributed by atoms with Crippen LogP contribution in [0.25, 0.3) is 27.8 Å². The van der Waals surface area contributed by atoms with Crippen LogP contribution in [0, 0.1) is 5.92 Å². The van der Waals surface area contributed by atoms with Gasteiger partial charge in [0.25, 0.3) is 0 Å². The lowest BCUT2D eigenvalue weighted by atomic mass is 9.81. The number of anilines is 1. The van der Waals surface area contributed by atoms with Gasteiger partial charge in [0, 0.05) is 37.2 Å². The molecule has 18 heteroatoms. The van der Waals surface area contributed by atoms with E-state index < -0.39 is 0 Å². The zero-order valence-corrected chi connectivity index (χ0v) is 33.1. The van der Waals surface area contributed by atoms with Crippen LogP contribution < -0.4 is 21.1 Å². The van der Waals surface area contributed by atoms with Crippen molar-refractivity contribution in [2.75, 3.05) is 118 Å². The molecule has 1 fully saturated rings. The maximum atomic E-state index is 13.0. The highest BCUT2D eigenvalue weighted by Gasteiger charge is 2.31. The summed E-state index contributed by atoms with van der Waals surface area (Å²) in [5.41, 5.74) is 9.41. The van der Waals surface area contributed by atoms with Gasteiger partial charge in [-0.05, 0) is 37.8 Å². The number of para-hydroxylation sites is 1. The third-order valence-corrected chi connectivity index (χ3v) is 9.44. The maximum Gasteiger partial charge on any atom is 0.223 e. The first-order chi connectivity index (χ1) is 28.0. The highest BCUT2D eigenvalue weighted by Crippen LogP contribution is 2.39. The number of ether oxygens (including phenoxy) is 8. The molecule has 5 N–H and O–H groups in total. The molecule has 0 spiro atoms. The number of rotatable bonds is 28. The molecule has 57 heavy (non-hydrogen) atoms. The molecule has 3 heterocycles. The van der Waals surface area contributed by atoms with E-state index in [1.807, 2.05) is 24.3 Å². The summed E-state index contributed by atoms with van der Waals surface area (Å²) < 4.78 is 45.8. The van der Waals surface area contributed by atoms with Crippen molar-refractivity contribution in [3.8, 4) is 17.1 Å². The van der Waals surface area contributed by atoms with Crippen LogP contribution in [0.3, 0.4) is 0 Å². The lowest BCUT2D eigenvalue weighted by Gasteiger charge is -2.26. The monoisotopic (exact) mass is 798 g/mol. The first kappa shape index (κ1) is 43.7. The molecule has 0 saturated heterocycles. The molecule has 314 valence electrons. The Labute approximate surface area is 332 Å². The van der Waals surface area contributed by atoms with E-state index >= 15 is 0 Å². The van der Waals surface area contributed by atoms with E-state index in [0.717, 1.165) is 53.9 Å². The number of aromatic amines is 1. The summed E-state index contributed by atoms with van der Waals surface area (Å²) in [5, 5.41) is 11.2. The van der Waals surface area contributed by atoms with Crippen molar-refractivity contribution >= 4 is 34.1 Å². The van der Waals surface area contributed by atoms with Gasteiger partial charge in [-0.25, -0.2) is 14.5 Å². The predicted octanol–water partition coefficient (Wildman–Crippen LogP) is 2.51. The number of fused-ring (bicyclic) bond motifs is 2. The molecule has 0 bridgehead atoms. The van der Waals surface area contributed by atoms with Crippen LogP contribution in [-0.2, 0) is 42.7 Å². The molecule has 3 aromatic heterocycles. The first-order valence-electron chi connectivity index (χ1n) is 19.7. The quantitative estimate of drug-likeness (QED) is 0.0608. The summed E-state index contributed by atoms with van der Waals surface area (Å²) in [6.45, 7) is 8.91. The number of benzene rings is 1. The number of imidazole rings is 1. The SMILES string of the molecule is COc1cccc2cc(-c3nc(C4CCC(C(=O)NCCOCCOCCOCCOCCOCCOCCOCCNC(C)=O)CC4)n4ncnc(N)c34)[nH]c12. The van der Waals surface area contributed by atoms with Crippen molar-refractivity contribution in [1.82, 2.24) is 35.2 Å². The molecule has 1 aliphatic rings. The van der Waals surface area contributed by atoms with Crippen molar-refractivity contribution < 1.29 is 47.5 Å². The minimum atomic E-state index is -0.0680. The molecule has 1 aromatic carbocycles. The maximum absolute atomic E-state index is 13.0. The van der Waals surface area contributed by atoms with Gasteiger partial charge in [-0.15, -0.1) is 0 Å². The Bertz CT molecular complexity index is 1800. The number of nitrogen functional groups attached to an aromatic ring is 1. The van der Waals surface area contributed by atoms with Crippen molar-refractivity contribution in [2.24, 2.45) is 5.92 Å². The van der Waals surface area contributed by atoms with E-state index in [-0.39, 0.29) is 23.7 Å². The largest absolute Gasteiger partial charge is 0.495 e. The molecule has 5 rings (SSSR count). The summed E-state index contributed by atoms with van der Waals surface area (Å²) in [7, 11) is 1.65. The Morgan fingerprint density at radius 1 is 0.789 bits per heavy atom. The number of nitrogens with one attached hydrogen (secondary N) is 3. The zero-order chi connectivity index (χ0) is 40.1. The third kappa shape index (κ3) is 13.9.